The van der Waals surface area contributed by atoms with Crippen LogP contribution in [0.25, 0.3) is 0 Å². The molecule has 0 unspecified atom stereocenters. The number of benzene rings is 1. The Bertz CT molecular complexity index is 298. The number of fused-ring (bicyclic) bond motifs is 1. The van der Waals surface area contributed by atoms with Crippen molar-refractivity contribution < 1.29 is 9.13 Å². The van der Waals surface area contributed by atoms with Crippen LogP contribution in [0.4, 0.5) is 4.39 Å². The standard InChI is InChI=1S/C8H6FIO/c9-8-5-3-4-11-7(5)2-1-6(8)10/h1-2H,3-4H2. The summed E-state index contributed by atoms with van der Waals surface area (Å²) in [6, 6.07) is 3.56. The topological polar surface area (TPSA) is 9.23 Å². The van der Waals surface area contributed by atoms with Crippen LogP contribution in [-0.2, 0) is 6.42 Å². The molecule has 0 atom stereocenters. The predicted octanol–water partition coefficient (Wildman–Crippen LogP) is 2.37. The van der Waals surface area contributed by atoms with Crippen LogP contribution in [0.5, 0.6) is 5.75 Å². The van der Waals surface area contributed by atoms with Crippen molar-refractivity contribution in [1.29, 1.82) is 0 Å². The molecule has 1 aliphatic rings. The molecule has 0 radical (unpaired) electrons. The molecule has 2 rings (SSSR count). The summed E-state index contributed by atoms with van der Waals surface area (Å²) in [7, 11) is 0. The fraction of sp³-hybridized carbons (Fsp3) is 0.250. The monoisotopic (exact) mass is 264 g/mol. The van der Waals surface area contributed by atoms with Gasteiger partial charge < -0.3 is 4.74 Å². The van der Waals surface area contributed by atoms with Crippen molar-refractivity contribution in [1.82, 2.24) is 0 Å². The first-order valence-electron chi connectivity index (χ1n) is 3.39. The molecule has 0 fully saturated rings. The summed E-state index contributed by atoms with van der Waals surface area (Å²) in [5, 5.41) is 0. The summed E-state index contributed by atoms with van der Waals surface area (Å²) in [5.74, 6) is 0.600. The zero-order valence-electron chi connectivity index (χ0n) is 5.73. The maximum atomic E-state index is 13.2. The molecule has 1 aromatic rings. The normalized spacial score (nSPS) is 14.4. The van der Waals surface area contributed by atoms with Crippen LogP contribution < -0.4 is 4.74 Å². The van der Waals surface area contributed by atoms with Crippen molar-refractivity contribution in [3.05, 3.63) is 27.1 Å². The SMILES string of the molecule is Fc1c(I)ccc2c1CCO2. The quantitative estimate of drug-likeness (QED) is 0.653. The number of hydrogen-bond donors (Lipinski definition) is 0. The molecule has 1 aromatic carbocycles. The number of hydrogen-bond acceptors (Lipinski definition) is 1. The lowest BCUT2D eigenvalue weighted by Crippen LogP contribution is -1.88. The third kappa shape index (κ3) is 1.11. The van der Waals surface area contributed by atoms with Crippen molar-refractivity contribution >= 4 is 22.6 Å². The largest absolute Gasteiger partial charge is 0.493 e. The lowest BCUT2D eigenvalue weighted by Gasteiger charge is -2.00. The van der Waals surface area contributed by atoms with Crippen LogP contribution in [-0.4, -0.2) is 6.61 Å². The molecule has 0 aliphatic carbocycles. The highest BCUT2D eigenvalue weighted by atomic mass is 127. The minimum Gasteiger partial charge on any atom is -0.493 e. The van der Waals surface area contributed by atoms with E-state index in [2.05, 4.69) is 0 Å². The Morgan fingerprint density at radius 3 is 3.09 bits per heavy atom. The highest BCUT2D eigenvalue weighted by molar-refractivity contribution is 14.1. The second-order valence-electron chi connectivity index (χ2n) is 2.44. The lowest BCUT2D eigenvalue weighted by molar-refractivity contribution is 0.357. The molecular formula is C8H6FIO. The molecule has 58 valence electrons. The van der Waals surface area contributed by atoms with E-state index >= 15 is 0 Å². The lowest BCUT2D eigenvalue weighted by atomic mass is 10.2. The van der Waals surface area contributed by atoms with Crippen LogP contribution in [0.2, 0.25) is 0 Å². The summed E-state index contributed by atoms with van der Waals surface area (Å²) in [6.07, 6.45) is 0.706. The number of ether oxygens (including phenoxy) is 1. The predicted molar refractivity (Wildman–Crippen MR) is 48.3 cm³/mol. The first-order valence-corrected chi connectivity index (χ1v) is 4.46. The van der Waals surface area contributed by atoms with E-state index in [4.69, 9.17) is 4.74 Å². The van der Waals surface area contributed by atoms with Gasteiger partial charge in [-0.3, -0.25) is 0 Å². The summed E-state index contributed by atoms with van der Waals surface area (Å²) in [5.41, 5.74) is 0.733. The van der Waals surface area contributed by atoms with Gasteiger partial charge in [0.2, 0.25) is 0 Å². The molecule has 0 amide bonds. The van der Waals surface area contributed by atoms with E-state index in [0.717, 1.165) is 5.56 Å². The molecule has 1 aliphatic heterocycles. The Balaban J connectivity index is 2.62. The van der Waals surface area contributed by atoms with E-state index in [0.29, 0.717) is 22.3 Å². The molecule has 0 N–H and O–H groups in total. The third-order valence-corrected chi connectivity index (χ3v) is 2.60. The van der Waals surface area contributed by atoms with Crippen LogP contribution in [0, 0.1) is 9.39 Å². The first kappa shape index (κ1) is 7.34. The smallest absolute Gasteiger partial charge is 0.143 e. The van der Waals surface area contributed by atoms with Gasteiger partial charge >= 0.3 is 0 Å². The molecule has 1 heterocycles. The molecule has 0 aromatic heterocycles. The minimum atomic E-state index is -0.111. The van der Waals surface area contributed by atoms with E-state index in [-0.39, 0.29) is 5.82 Å². The average molecular weight is 264 g/mol. The zero-order chi connectivity index (χ0) is 7.84. The van der Waals surface area contributed by atoms with Crippen molar-refractivity contribution in [2.45, 2.75) is 6.42 Å². The van der Waals surface area contributed by atoms with Crippen LogP contribution >= 0.6 is 22.6 Å². The fourth-order valence-electron chi connectivity index (χ4n) is 1.21. The fourth-order valence-corrected chi connectivity index (χ4v) is 1.71. The second-order valence-corrected chi connectivity index (χ2v) is 3.60. The van der Waals surface area contributed by atoms with Crippen LogP contribution in [0.15, 0.2) is 12.1 Å². The van der Waals surface area contributed by atoms with Crippen LogP contribution in [0.1, 0.15) is 5.56 Å². The van der Waals surface area contributed by atoms with Crippen molar-refractivity contribution in [3.8, 4) is 5.75 Å². The number of halogens is 2. The van der Waals surface area contributed by atoms with Gasteiger partial charge in [-0.1, -0.05) is 0 Å². The summed E-state index contributed by atoms with van der Waals surface area (Å²) >= 11 is 1.99. The van der Waals surface area contributed by atoms with Gasteiger partial charge in [0.05, 0.1) is 6.61 Å². The minimum absolute atomic E-state index is 0.111. The van der Waals surface area contributed by atoms with E-state index in [1.807, 2.05) is 28.7 Å². The van der Waals surface area contributed by atoms with Gasteiger partial charge in [0.25, 0.3) is 0 Å². The first-order chi connectivity index (χ1) is 5.29. The molecule has 0 saturated heterocycles. The van der Waals surface area contributed by atoms with Gasteiger partial charge in [-0.25, -0.2) is 4.39 Å². The zero-order valence-corrected chi connectivity index (χ0v) is 7.89. The van der Waals surface area contributed by atoms with E-state index in [9.17, 15) is 4.39 Å². The van der Waals surface area contributed by atoms with Gasteiger partial charge in [0, 0.05) is 15.6 Å². The Morgan fingerprint density at radius 1 is 1.45 bits per heavy atom. The summed E-state index contributed by atoms with van der Waals surface area (Å²) in [6.45, 7) is 0.617. The van der Waals surface area contributed by atoms with Gasteiger partial charge in [-0.05, 0) is 34.7 Å². The summed E-state index contributed by atoms with van der Waals surface area (Å²) < 4.78 is 19.1. The molecule has 0 spiro atoms. The van der Waals surface area contributed by atoms with E-state index in [1.54, 1.807) is 6.07 Å². The average Bonchev–Trinajstić information content (AvgIpc) is 2.45. The molecular weight excluding hydrogens is 258 g/mol. The molecule has 0 bridgehead atoms. The van der Waals surface area contributed by atoms with Gasteiger partial charge in [-0.15, -0.1) is 0 Å². The molecule has 11 heavy (non-hydrogen) atoms. The Hall–Kier alpha value is -0.320. The summed E-state index contributed by atoms with van der Waals surface area (Å²) in [4.78, 5) is 0. The Labute approximate surface area is 77.7 Å². The maximum absolute atomic E-state index is 13.2. The van der Waals surface area contributed by atoms with Gasteiger partial charge in [0.15, 0.2) is 0 Å². The molecule has 3 heteroatoms. The van der Waals surface area contributed by atoms with E-state index in [1.165, 1.54) is 0 Å². The Morgan fingerprint density at radius 2 is 2.27 bits per heavy atom. The highest BCUT2D eigenvalue weighted by Gasteiger charge is 2.17. The third-order valence-electron chi connectivity index (χ3n) is 1.76. The van der Waals surface area contributed by atoms with Gasteiger partial charge in [-0.2, -0.15) is 0 Å². The van der Waals surface area contributed by atoms with Gasteiger partial charge in [0.1, 0.15) is 11.6 Å². The number of rotatable bonds is 0. The van der Waals surface area contributed by atoms with E-state index < -0.39 is 0 Å². The van der Waals surface area contributed by atoms with Crippen molar-refractivity contribution in [2.75, 3.05) is 6.61 Å². The van der Waals surface area contributed by atoms with Crippen molar-refractivity contribution in [2.24, 2.45) is 0 Å². The molecule has 1 nitrogen and oxygen atoms in total. The maximum Gasteiger partial charge on any atom is 0.143 e. The van der Waals surface area contributed by atoms with Crippen molar-refractivity contribution in [3.63, 3.8) is 0 Å². The molecule has 0 saturated carbocycles. The van der Waals surface area contributed by atoms with Crippen LogP contribution in [0.3, 0.4) is 0 Å². The highest BCUT2D eigenvalue weighted by Crippen LogP contribution is 2.29. The Kier molecular flexibility index (Phi) is 1.75. The second kappa shape index (κ2) is 2.62.